The van der Waals surface area contributed by atoms with Crippen LogP contribution in [0.1, 0.15) is 20.3 Å². The molecule has 0 saturated carbocycles. The van der Waals surface area contributed by atoms with Crippen LogP contribution < -0.4 is 5.32 Å². The smallest absolute Gasteiger partial charge is 0.329 e. The molecule has 1 aliphatic heterocycles. The van der Waals surface area contributed by atoms with Crippen LogP contribution >= 0.6 is 0 Å². The maximum Gasteiger partial charge on any atom is 0.329 e. The number of rotatable bonds is 3. The van der Waals surface area contributed by atoms with Crippen molar-refractivity contribution in [2.24, 2.45) is 0 Å². The normalized spacial score (nSPS) is 20.8. The van der Waals surface area contributed by atoms with Crippen LogP contribution in [-0.2, 0) is 4.79 Å². The monoisotopic (exact) mass is 243 g/mol. The van der Waals surface area contributed by atoms with E-state index in [9.17, 15) is 9.59 Å². The van der Waals surface area contributed by atoms with Crippen molar-refractivity contribution in [2.45, 2.75) is 25.8 Å². The summed E-state index contributed by atoms with van der Waals surface area (Å²) in [5.74, 6) is -0.998. The summed E-state index contributed by atoms with van der Waals surface area (Å²) < 4.78 is 0. The third-order valence-electron chi connectivity index (χ3n) is 3.35. The Morgan fingerprint density at radius 2 is 1.82 bits per heavy atom. The lowest BCUT2D eigenvalue weighted by atomic mass is 10.00. The summed E-state index contributed by atoms with van der Waals surface area (Å²) in [5, 5.41) is 11.7. The van der Waals surface area contributed by atoms with Gasteiger partial charge in [0.1, 0.15) is 5.54 Å². The van der Waals surface area contributed by atoms with Gasteiger partial charge in [0, 0.05) is 26.2 Å². The number of nitrogens with zero attached hydrogens (tertiary/aromatic N) is 2. The molecule has 6 nitrogen and oxygen atoms in total. The van der Waals surface area contributed by atoms with Crippen molar-refractivity contribution in [3.8, 4) is 0 Å². The average Bonchev–Trinajstić information content (AvgIpc) is 2.29. The number of likely N-dealkylation sites (N-methyl/N-ethyl adjacent to an activating group) is 1. The standard InChI is InChI=1S/C11H21N3O3/c1-4-11(2,9(15)16)12-10(17)14-7-5-13(3)6-8-14/h4-8H2,1-3H3,(H,12,17)(H,15,16). The first-order chi connectivity index (χ1) is 7.89. The molecule has 1 heterocycles. The van der Waals surface area contributed by atoms with Crippen LogP contribution in [0.5, 0.6) is 0 Å². The van der Waals surface area contributed by atoms with Gasteiger partial charge in [-0.3, -0.25) is 0 Å². The molecule has 1 rings (SSSR count). The van der Waals surface area contributed by atoms with E-state index < -0.39 is 11.5 Å². The molecule has 98 valence electrons. The Balaban J connectivity index is 2.56. The molecule has 6 heteroatoms. The van der Waals surface area contributed by atoms with Crippen molar-refractivity contribution in [1.82, 2.24) is 15.1 Å². The second-order valence-electron chi connectivity index (χ2n) is 4.71. The van der Waals surface area contributed by atoms with Crippen molar-refractivity contribution in [2.75, 3.05) is 33.2 Å². The fraction of sp³-hybridized carbons (Fsp3) is 0.818. The molecule has 0 aliphatic carbocycles. The number of carbonyl (C=O) groups is 2. The van der Waals surface area contributed by atoms with E-state index in [1.165, 1.54) is 6.92 Å². The molecule has 0 aromatic heterocycles. The second-order valence-corrected chi connectivity index (χ2v) is 4.71. The highest BCUT2D eigenvalue weighted by Crippen LogP contribution is 2.10. The molecular formula is C11H21N3O3. The van der Waals surface area contributed by atoms with E-state index in [1.807, 2.05) is 7.05 Å². The highest BCUT2D eigenvalue weighted by atomic mass is 16.4. The molecule has 2 N–H and O–H groups in total. The van der Waals surface area contributed by atoms with E-state index in [-0.39, 0.29) is 6.03 Å². The van der Waals surface area contributed by atoms with E-state index in [0.29, 0.717) is 19.5 Å². The van der Waals surface area contributed by atoms with Crippen molar-refractivity contribution < 1.29 is 14.7 Å². The van der Waals surface area contributed by atoms with Crippen LogP contribution in [0.2, 0.25) is 0 Å². The van der Waals surface area contributed by atoms with E-state index >= 15 is 0 Å². The van der Waals surface area contributed by atoms with Crippen LogP contribution in [0.3, 0.4) is 0 Å². The molecule has 0 bridgehead atoms. The fourth-order valence-electron chi connectivity index (χ4n) is 1.62. The zero-order chi connectivity index (χ0) is 13.1. The van der Waals surface area contributed by atoms with E-state index in [4.69, 9.17) is 5.11 Å². The maximum absolute atomic E-state index is 11.9. The lowest BCUT2D eigenvalue weighted by Gasteiger charge is -2.35. The van der Waals surface area contributed by atoms with E-state index in [2.05, 4.69) is 10.2 Å². The molecular weight excluding hydrogens is 222 g/mol. The van der Waals surface area contributed by atoms with E-state index in [1.54, 1.807) is 11.8 Å². The Kier molecular flexibility index (Phi) is 4.34. The van der Waals surface area contributed by atoms with Gasteiger partial charge in [0.15, 0.2) is 0 Å². The number of urea groups is 1. The molecule has 0 aromatic carbocycles. The topological polar surface area (TPSA) is 72.9 Å². The summed E-state index contributed by atoms with van der Waals surface area (Å²) in [5.41, 5.74) is -1.18. The summed E-state index contributed by atoms with van der Waals surface area (Å²) in [6.07, 6.45) is 0.363. The number of carbonyl (C=O) groups excluding carboxylic acids is 1. The zero-order valence-corrected chi connectivity index (χ0v) is 10.7. The zero-order valence-electron chi connectivity index (χ0n) is 10.7. The quantitative estimate of drug-likeness (QED) is 0.742. The second kappa shape index (κ2) is 5.35. The van der Waals surface area contributed by atoms with Crippen LogP contribution in [0.15, 0.2) is 0 Å². The fourth-order valence-corrected chi connectivity index (χ4v) is 1.62. The molecule has 0 spiro atoms. The Hall–Kier alpha value is -1.30. The number of amides is 2. The summed E-state index contributed by atoms with van der Waals surface area (Å²) in [4.78, 5) is 26.8. The van der Waals surface area contributed by atoms with E-state index in [0.717, 1.165) is 13.1 Å². The number of piperazine rings is 1. The van der Waals surface area contributed by atoms with Crippen LogP contribution in [-0.4, -0.2) is 65.7 Å². The number of aliphatic carboxylic acids is 1. The highest BCUT2D eigenvalue weighted by molar-refractivity contribution is 5.85. The molecule has 1 atom stereocenters. The summed E-state index contributed by atoms with van der Waals surface area (Å²) >= 11 is 0. The Morgan fingerprint density at radius 3 is 2.24 bits per heavy atom. The van der Waals surface area contributed by atoms with Crippen molar-refractivity contribution in [1.29, 1.82) is 0 Å². The predicted octanol–water partition coefficient (Wildman–Crippen LogP) is 0.197. The van der Waals surface area contributed by atoms with Crippen LogP contribution in [0.25, 0.3) is 0 Å². The lowest BCUT2D eigenvalue weighted by molar-refractivity contribution is -0.143. The maximum atomic E-state index is 11.9. The van der Waals surface area contributed by atoms with Gasteiger partial charge in [0.2, 0.25) is 0 Å². The van der Waals surface area contributed by atoms with Crippen molar-refractivity contribution in [3.05, 3.63) is 0 Å². The first kappa shape index (κ1) is 13.8. The lowest BCUT2D eigenvalue weighted by Crippen LogP contribution is -2.58. The third kappa shape index (κ3) is 3.33. The third-order valence-corrected chi connectivity index (χ3v) is 3.35. The molecule has 1 aliphatic rings. The van der Waals surface area contributed by atoms with Gasteiger partial charge in [-0.1, -0.05) is 6.92 Å². The van der Waals surface area contributed by atoms with Gasteiger partial charge in [0.05, 0.1) is 0 Å². The summed E-state index contributed by atoms with van der Waals surface area (Å²) in [6.45, 7) is 6.21. The number of carboxylic acid groups (broad SMARTS) is 1. The molecule has 0 radical (unpaired) electrons. The minimum atomic E-state index is -1.18. The molecule has 2 amide bonds. The number of hydrogen-bond acceptors (Lipinski definition) is 3. The summed E-state index contributed by atoms with van der Waals surface area (Å²) in [6, 6.07) is -0.287. The molecule has 1 saturated heterocycles. The van der Waals surface area contributed by atoms with Gasteiger partial charge in [-0.25, -0.2) is 9.59 Å². The average molecular weight is 243 g/mol. The largest absolute Gasteiger partial charge is 0.480 e. The van der Waals surface area contributed by atoms with Gasteiger partial charge in [0.25, 0.3) is 0 Å². The Morgan fingerprint density at radius 1 is 1.29 bits per heavy atom. The van der Waals surface area contributed by atoms with Crippen LogP contribution in [0.4, 0.5) is 4.79 Å². The summed E-state index contributed by atoms with van der Waals surface area (Å²) in [7, 11) is 2.00. The number of carboxylic acids is 1. The Labute approximate surface area is 102 Å². The number of nitrogens with one attached hydrogen (secondary N) is 1. The predicted molar refractivity (Wildman–Crippen MR) is 63.9 cm³/mol. The molecule has 1 unspecified atom stereocenters. The Bertz CT molecular complexity index is 300. The van der Waals surface area contributed by atoms with Gasteiger partial charge >= 0.3 is 12.0 Å². The van der Waals surface area contributed by atoms with Crippen LogP contribution in [0, 0.1) is 0 Å². The van der Waals surface area contributed by atoms with Gasteiger partial charge in [-0.05, 0) is 20.4 Å². The van der Waals surface area contributed by atoms with Gasteiger partial charge < -0.3 is 20.2 Å². The molecule has 0 aromatic rings. The van der Waals surface area contributed by atoms with Gasteiger partial charge in [-0.15, -0.1) is 0 Å². The molecule has 1 fully saturated rings. The number of hydrogen-bond donors (Lipinski definition) is 2. The first-order valence-corrected chi connectivity index (χ1v) is 5.88. The highest BCUT2D eigenvalue weighted by Gasteiger charge is 2.34. The first-order valence-electron chi connectivity index (χ1n) is 5.88. The minimum absolute atomic E-state index is 0.287. The van der Waals surface area contributed by atoms with Crippen molar-refractivity contribution >= 4 is 12.0 Å². The minimum Gasteiger partial charge on any atom is -0.480 e. The molecule has 17 heavy (non-hydrogen) atoms. The van der Waals surface area contributed by atoms with Crippen molar-refractivity contribution in [3.63, 3.8) is 0 Å². The SMILES string of the molecule is CCC(C)(NC(=O)N1CCN(C)CC1)C(=O)O. The van der Waals surface area contributed by atoms with Gasteiger partial charge in [-0.2, -0.15) is 0 Å².